The number of carbonyl (C=O) groups excluding carboxylic acids is 3. The molecule has 28 heavy (non-hydrogen) atoms. The third kappa shape index (κ3) is 4.92. The van der Waals surface area contributed by atoms with E-state index in [2.05, 4.69) is 21.2 Å². The van der Waals surface area contributed by atoms with Gasteiger partial charge >= 0.3 is 11.8 Å². The zero-order valence-electron chi connectivity index (χ0n) is 14.6. The van der Waals surface area contributed by atoms with Gasteiger partial charge < -0.3 is 15.1 Å². The molecule has 1 aromatic heterocycles. The van der Waals surface area contributed by atoms with Gasteiger partial charge in [-0.15, -0.1) is 0 Å². The Morgan fingerprint density at radius 2 is 1.57 bits per heavy atom. The van der Waals surface area contributed by atoms with Crippen molar-refractivity contribution in [3.8, 4) is 0 Å². The maximum absolute atomic E-state index is 12.5. The number of anilines is 2. The van der Waals surface area contributed by atoms with Gasteiger partial charge in [-0.05, 0) is 36.4 Å². The van der Waals surface area contributed by atoms with Gasteiger partial charge in [0.1, 0.15) is 5.76 Å². The molecule has 1 heterocycles. The lowest BCUT2D eigenvalue weighted by molar-refractivity contribution is -0.136. The van der Waals surface area contributed by atoms with Crippen molar-refractivity contribution in [2.24, 2.45) is 5.10 Å². The maximum atomic E-state index is 12.5. The van der Waals surface area contributed by atoms with Crippen molar-refractivity contribution < 1.29 is 18.8 Å². The van der Waals surface area contributed by atoms with Gasteiger partial charge in [0, 0.05) is 5.69 Å². The monoisotopic (exact) mass is 376 g/mol. The number of rotatable bonds is 5. The van der Waals surface area contributed by atoms with Crippen LogP contribution in [0.5, 0.6) is 0 Å². The summed E-state index contributed by atoms with van der Waals surface area (Å²) in [6, 6.07) is 18.5. The minimum absolute atomic E-state index is 0.200. The molecular formula is C20H16N4O4. The summed E-state index contributed by atoms with van der Waals surface area (Å²) < 4.78 is 5.02. The number of hydrazone groups is 1. The lowest BCUT2D eigenvalue weighted by Crippen LogP contribution is -2.33. The van der Waals surface area contributed by atoms with E-state index in [-0.39, 0.29) is 11.3 Å². The topological polar surface area (TPSA) is 113 Å². The molecule has 0 saturated carbocycles. The molecule has 0 spiro atoms. The summed E-state index contributed by atoms with van der Waals surface area (Å²) in [5.41, 5.74) is 3.11. The van der Waals surface area contributed by atoms with Gasteiger partial charge in [0.15, 0.2) is 0 Å². The summed E-state index contributed by atoms with van der Waals surface area (Å²) in [5, 5.41) is 8.77. The van der Waals surface area contributed by atoms with E-state index in [0.29, 0.717) is 11.4 Å². The first-order valence-corrected chi connectivity index (χ1v) is 8.27. The molecular weight excluding hydrogens is 360 g/mol. The minimum atomic E-state index is -0.985. The van der Waals surface area contributed by atoms with Gasteiger partial charge in [0.25, 0.3) is 5.91 Å². The third-order valence-corrected chi connectivity index (χ3v) is 3.56. The molecule has 140 valence electrons. The van der Waals surface area contributed by atoms with E-state index >= 15 is 0 Å². The van der Waals surface area contributed by atoms with Crippen LogP contribution in [0.15, 0.2) is 82.5 Å². The van der Waals surface area contributed by atoms with Crippen LogP contribution in [0.3, 0.4) is 0 Å². The molecule has 0 atom stereocenters. The summed E-state index contributed by atoms with van der Waals surface area (Å²) in [7, 11) is 0. The molecule has 0 fully saturated rings. The van der Waals surface area contributed by atoms with Crippen LogP contribution in [-0.4, -0.2) is 23.9 Å². The minimum Gasteiger partial charge on any atom is -0.463 e. The van der Waals surface area contributed by atoms with E-state index in [1.54, 1.807) is 54.6 Å². The average Bonchev–Trinajstić information content (AvgIpc) is 3.22. The second-order valence-corrected chi connectivity index (χ2v) is 5.53. The van der Waals surface area contributed by atoms with Crippen molar-refractivity contribution in [2.45, 2.75) is 0 Å². The van der Waals surface area contributed by atoms with Crippen molar-refractivity contribution in [1.29, 1.82) is 0 Å². The lowest BCUT2D eigenvalue weighted by atomic mass is 10.1. The van der Waals surface area contributed by atoms with E-state index < -0.39 is 17.7 Å². The largest absolute Gasteiger partial charge is 0.463 e. The molecule has 0 aliphatic heterocycles. The molecule has 3 rings (SSSR count). The number of para-hydroxylation sites is 2. The van der Waals surface area contributed by atoms with E-state index in [1.165, 1.54) is 18.5 Å². The van der Waals surface area contributed by atoms with Crippen molar-refractivity contribution in [2.75, 3.05) is 10.6 Å². The van der Waals surface area contributed by atoms with E-state index in [0.717, 1.165) is 0 Å². The summed E-state index contributed by atoms with van der Waals surface area (Å²) in [4.78, 5) is 36.5. The van der Waals surface area contributed by atoms with Crippen molar-refractivity contribution in [1.82, 2.24) is 5.43 Å². The van der Waals surface area contributed by atoms with Crippen LogP contribution in [0.1, 0.15) is 16.1 Å². The molecule has 3 aromatic rings. The summed E-state index contributed by atoms with van der Waals surface area (Å²) in [5.74, 6) is -1.94. The maximum Gasteiger partial charge on any atom is 0.329 e. The van der Waals surface area contributed by atoms with Crippen LogP contribution < -0.4 is 16.1 Å². The van der Waals surface area contributed by atoms with Crippen LogP contribution in [0.4, 0.5) is 11.4 Å². The van der Waals surface area contributed by atoms with E-state index in [9.17, 15) is 14.4 Å². The Hall–Kier alpha value is -4.20. The first kappa shape index (κ1) is 18.6. The van der Waals surface area contributed by atoms with Crippen LogP contribution in [-0.2, 0) is 9.59 Å². The number of nitrogens with one attached hydrogen (secondary N) is 3. The number of hydrogen-bond acceptors (Lipinski definition) is 5. The van der Waals surface area contributed by atoms with E-state index in [1.807, 2.05) is 6.07 Å². The lowest BCUT2D eigenvalue weighted by Gasteiger charge is -2.11. The highest BCUT2D eigenvalue weighted by Crippen LogP contribution is 2.17. The fraction of sp³-hybridized carbons (Fsp3) is 0. The number of nitrogens with zero attached hydrogens (tertiary/aromatic N) is 1. The van der Waals surface area contributed by atoms with E-state index in [4.69, 9.17) is 4.42 Å². The standard InChI is InChI=1S/C20H16N4O4/c25-18(22-14-7-2-1-3-8-14)16-10-4-5-11-17(16)23-19(26)20(27)24-21-13-15-9-6-12-28-15/h1-13H,(H,22,25)(H,23,26)(H,24,27)/b21-13+. The normalized spacial score (nSPS) is 10.4. The molecule has 8 nitrogen and oxygen atoms in total. The van der Waals surface area contributed by atoms with Gasteiger partial charge in [-0.3, -0.25) is 14.4 Å². The molecule has 0 unspecified atom stereocenters. The third-order valence-electron chi connectivity index (χ3n) is 3.56. The van der Waals surface area contributed by atoms with Gasteiger partial charge in [-0.2, -0.15) is 5.10 Å². The zero-order chi connectivity index (χ0) is 19.8. The van der Waals surface area contributed by atoms with Crippen LogP contribution >= 0.6 is 0 Å². The predicted octanol–water partition coefficient (Wildman–Crippen LogP) is 2.62. The van der Waals surface area contributed by atoms with Gasteiger partial charge in [-0.1, -0.05) is 30.3 Å². The second-order valence-electron chi connectivity index (χ2n) is 5.53. The van der Waals surface area contributed by atoms with Gasteiger partial charge in [0.2, 0.25) is 0 Å². The first-order chi connectivity index (χ1) is 13.6. The molecule has 8 heteroatoms. The molecule has 0 aliphatic carbocycles. The van der Waals surface area contributed by atoms with Crippen molar-refractivity contribution in [3.63, 3.8) is 0 Å². The Balaban J connectivity index is 1.64. The highest BCUT2D eigenvalue weighted by atomic mass is 16.3. The Kier molecular flexibility index (Phi) is 5.94. The molecule has 0 aliphatic rings. The first-order valence-electron chi connectivity index (χ1n) is 8.27. The fourth-order valence-electron chi connectivity index (χ4n) is 2.26. The van der Waals surface area contributed by atoms with Gasteiger partial charge in [0.05, 0.1) is 23.7 Å². The molecule has 2 aromatic carbocycles. The molecule has 3 amide bonds. The quantitative estimate of drug-likeness (QED) is 0.361. The highest BCUT2D eigenvalue weighted by Gasteiger charge is 2.17. The Labute approximate surface area is 160 Å². The SMILES string of the molecule is O=C(N/N=C/c1ccco1)C(=O)Nc1ccccc1C(=O)Nc1ccccc1. The Morgan fingerprint density at radius 3 is 2.32 bits per heavy atom. The summed E-state index contributed by atoms with van der Waals surface area (Å²) in [6.07, 6.45) is 2.71. The number of hydrogen-bond donors (Lipinski definition) is 3. The number of benzene rings is 2. The molecule has 0 bridgehead atoms. The van der Waals surface area contributed by atoms with Crippen LogP contribution in [0.2, 0.25) is 0 Å². The predicted molar refractivity (Wildman–Crippen MR) is 104 cm³/mol. The Morgan fingerprint density at radius 1 is 0.821 bits per heavy atom. The van der Waals surface area contributed by atoms with Gasteiger partial charge in [-0.25, -0.2) is 5.43 Å². The molecule has 3 N–H and O–H groups in total. The number of amides is 3. The van der Waals surface area contributed by atoms with Crippen LogP contribution in [0.25, 0.3) is 0 Å². The molecule has 0 radical (unpaired) electrons. The average molecular weight is 376 g/mol. The fourth-order valence-corrected chi connectivity index (χ4v) is 2.26. The molecule has 0 saturated heterocycles. The smallest absolute Gasteiger partial charge is 0.329 e. The van der Waals surface area contributed by atoms with Crippen molar-refractivity contribution >= 4 is 35.3 Å². The second kappa shape index (κ2) is 8.95. The zero-order valence-corrected chi connectivity index (χ0v) is 14.6. The highest BCUT2D eigenvalue weighted by molar-refractivity contribution is 6.40. The number of carbonyl (C=O) groups is 3. The number of furan rings is 1. The van der Waals surface area contributed by atoms with Crippen LogP contribution in [0, 0.1) is 0 Å². The summed E-state index contributed by atoms with van der Waals surface area (Å²) >= 11 is 0. The Bertz CT molecular complexity index is 998. The van der Waals surface area contributed by atoms with Crippen molar-refractivity contribution in [3.05, 3.63) is 84.3 Å². The summed E-state index contributed by atoms with van der Waals surface area (Å²) in [6.45, 7) is 0.